The van der Waals surface area contributed by atoms with Crippen LogP contribution in [0.15, 0.2) is 54.6 Å². The van der Waals surface area contributed by atoms with Crippen LogP contribution < -0.4 is 5.73 Å². The number of rotatable bonds is 2. The second kappa shape index (κ2) is 4.68. The van der Waals surface area contributed by atoms with Crippen LogP contribution in [0.1, 0.15) is 28.3 Å². The molecule has 0 bridgehead atoms. The van der Waals surface area contributed by atoms with Crippen molar-refractivity contribution in [2.24, 2.45) is 5.73 Å². The third-order valence-electron chi connectivity index (χ3n) is 4.45. The summed E-state index contributed by atoms with van der Waals surface area (Å²) in [5.41, 5.74) is 11.1. The average Bonchev–Trinajstić information content (AvgIpc) is 2.92. The molecule has 1 atom stereocenters. The van der Waals surface area contributed by atoms with E-state index in [9.17, 15) is 4.39 Å². The molecule has 0 radical (unpaired) electrons. The lowest BCUT2D eigenvalue weighted by Gasteiger charge is -2.16. The maximum absolute atomic E-state index is 13.4. The van der Waals surface area contributed by atoms with Crippen molar-refractivity contribution in [3.8, 4) is 0 Å². The van der Waals surface area contributed by atoms with E-state index in [0.29, 0.717) is 0 Å². The van der Waals surface area contributed by atoms with E-state index in [0.717, 1.165) is 24.0 Å². The van der Waals surface area contributed by atoms with Crippen molar-refractivity contribution >= 4 is 10.8 Å². The topological polar surface area (TPSA) is 26.0 Å². The van der Waals surface area contributed by atoms with Crippen LogP contribution in [0.25, 0.3) is 10.8 Å². The van der Waals surface area contributed by atoms with Gasteiger partial charge in [-0.05, 0) is 58.0 Å². The van der Waals surface area contributed by atoms with Crippen LogP contribution in [-0.4, -0.2) is 0 Å². The van der Waals surface area contributed by atoms with Gasteiger partial charge >= 0.3 is 0 Å². The summed E-state index contributed by atoms with van der Waals surface area (Å²) in [5, 5.41) is 2.56. The highest BCUT2D eigenvalue weighted by molar-refractivity contribution is 5.93. The number of nitrogens with two attached hydrogens (primary N) is 1. The summed E-state index contributed by atoms with van der Waals surface area (Å²) in [6.45, 7) is 0. The number of hydrogen-bond acceptors (Lipinski definition) is 1. The van der Waals surface area contributed by atoms with E-state index in [1.54, 1.807) is 6.07 Å². The molecule has 4 rings (SSSR count). The zero-order chi connectivity index (χ0) is 14.4. The van der Waals surface area contributed by atoms with Gasteiger partial charge in [0.15, 0.2) is 0 Å². The molecular formula is C19H16FN. The van der Waals surface area contributed by atoms with Gasteiger partial charge < -0.3 is 5.73 Å². The summed E-state index contributed by atoms with van der Waals surface area (Å²) in [7, 11) is 0. The second-order valence-electron chi connectivity index (χ2n) is 5.69. The molecule has 0 saturated heterocycles. The number of hydrogen-bond donors (Lipinski definition) is 1. The summed E-state index contributed by atoms with van der Waals surface area (Å²) in [5.74, 6) is -0.242. The summed E-state index contributed by atoms with van der Waals surface area (Å²) >= 11 is 0. The van der Waals surface area contributed by atoms with Crippen molar-refractivity contribution in [3.05, 3.63) is 82.7 Å². The van der Waals surface area contributed by atoms with Gasteiger partial charge in [-0.2, -0.15) is 0 Å². The SMILES string of the molecule is NC(c1cccc(F)c1)c1ccc2c3c(cccc13)CC2. The summed E-state index contributed by atoms with van der Waals surface area (Å²) < 4.78 is 13.4. The minimum absolute atomic E-state index is 0.242. The normalized spacial score (nSPS) is 14.6. The van der Waals surface area contributed by atoms with Gasteiger partial charge in [0.25, 0.3) is 0 Å². The molecule has 1 aliphatic carbocycles. The summed E-state index contributed by atoms with van der Waals surface area (Å²) in [4.78, 5) is 0. The van der Waals surface area contributed by atoms with E-state index < -0.39 is 0 Å². The van der Waals surface area contributed by atoms with Gasteiger partial charge in [-0.25, -0.2) is 4.39 Å². The molecule has 1 unspecified atom stereocenters. The molecule has 2 N–H and O–H groups in total. The van der Waals surface area contributed by atoms with E-state index in [1.807, 2.05) is 6.07 Å². The first-order valence-corrected chi connectivity index (χ1v) is 7.28. The molecule has 1 aliphatic rings. The zero-order valence-electron chi connectivity index (χ0n) is 11.6. The van der Waals surface area contributed by atoms with E-state index in [-0.39, 0.29) is 11.9 Å². The van der Waals surface area contributed by atoms with Gasteiger partial charge in [0.1, 0.15) is 5.82 Å². The van der Waals surface area contributed by atoms with Crippen LogP contribution in [0.4, 0.5) is 4.39 Å². The Hall–Kier alpha value is -2.19. The van der Waals surface area contributed by atoms with E-state index in [1.165, 1.54) is 34.0 Å². The summed E-state index contributed by atoms with van der Waals surface area (Å²) in [6, 6.07) is 17.0. The molecule has 2 heteroatoms. The maximum Gasteiger partial charge on any atom is 0.123 e. The van der Waals surface area contributed by atoms with Crippen molar-refractivity contribution in [2.45, 2.75) is 18.9 Å². The van der Waals surface area contributed by atoms with Crippen molar-refractivity contribution in [3.63, 3.8) is 0 Å². The molecule has 0 fully saturated rings. The molecule has 0 aliphatic heterocycles. The largest absolute Gasteiger partial charge is 0.320 e. The van der Waals surface area contributed by atoms with E-state index in [4.69, 9.17) is 5.73 Å². The fourth-order valence-electron chi connectivity index (χ4n) is 3.42. The van der Waals surface area contributed by atoms with Crippen LogP contribution in [0, 0.1) is 5.82 Å². The quantitative estimate of drug-likeness (QED) is 0.749. The second-order valence-corrected chi connectivity index (χ2v) is 5.69. The smallest absolute Gasteiger partial charge is 0.123 e. The van der Waals surface area contributed by atoms with Crippen LogP contribution in [0.2, 0.25) is 0 Å². The van der Waals surface area contributed by atoms with Gasteiger partial charge in [-0.3, -0.25) is 0 Å². The molecule has 0 amide bonds. The summed E-state index contributed by atoms with van der Waals surface area (Å²) in [6.07, 6.45) is 2.21. The third-order valence-corrected chi connectivity index (χ3v) is 4.45. The predicted octanol–water partition coefficient (Wildman–Crippen LogP) is 4.13. The standard InChI is InChI=1S/C19H16FN/c20-15-5-1-4-14(11-15)19(21)17-10-9-13-8-7-12-3-2-6-16(17)18(12)13/h1-6,9-11,19H,7-8,21H2. The van der Waals surface area contributed by atoms with Crippen LogP contribution in [0.3, 0.4) is 0 Å². The van der Waals surface area contributed by atoms with Gasteiger partial charge in [-0.15, -0.1) is 0 Å². The molecule has 3 aromatic rings. The Bertz CT molecular complexity index is 828. The zero-order valence-corrected chi connectivity index (χ0v) is 11.6. The van der Waals surface area contributed by atoms with Crippen LogP contribution >= 0.6 is 0 Å². The van der Waals surface area contributed by atoms with Crippen molar-refractivity contribution < 1.29 is 4.39 Å². The maximum atomic E-state index is 13.4. The molecule has 104 valence electrons. The third kappa shape index (κ3) is 1.95. The van der Waals surface area contributed by atoms with E-state index in [2.05, 4.69) is 30.3 Å². The number of benzene rings is 3. The molecule has 1 nitrogen and oxygen atoms in total. The minimum atomic E-state index is -0.300. The van der Waals surface area contributed by atoms with Crippen LogP contribution in [-0.2, 0) is 12.8 Å². The highest BCUT2D eigenvalue weighted by Gasteiger charge is 2.19. The Morgan fingerprint density at radius 3 is 2.48 bits per heavy atom. The molecule has 0 saturated carbocycles. The van der Waals surface area contributed by atoms with E-state index >= 15 is 0 Å². The lowest BCUT2D eigenvalue weighted by atomic mass is 9.92. The van der Waals surface area contributed by atoms with Crippen molar-refractivity contribution in [1.82, 2.24) is 0 Å². The average molecular weight is 277 g/mol. The van der Waals surface area contributed by atoms with Gasteiger partial charge in [0.2, 0.25) is 0 Å². The molecule has 0 heterocycles. The highest BCUT2D eigenvalue weighted by Crippen LogP contribution is 2.35. The first-order chi connectivity index (χ1) is 10.2. The highest BCUT2D eigenvalue weighted by atomic mass is 19.1. The van der Waals surface area contributed by atoms with Crippen molar-refractivity contribution in [2.75, 3.05) is 0 Å². The van der Waals surface area contributed by atoms with Crippen molar-refractivity contribution in [1.29, 1.82) is 0 Å². The lowest BCUT2D eigenvalue weighted by Crippen LogP contribution is -2.12. The first kappa shape index (κ1) is 12.5. The monoisotopic (exact) mass is 277 g/mol. The number of aryl methyl sites for hydroxylation is 2. The Labute approximate surface area is 123 Å². The first-order valence-electron chi connectivity index (χ1n) is 7.28. The Kier molecular flexibility index (Phi) is 2.79. The molecule has 3 aromatic carbocycles. The number of halogens is 1. The molecule has 0 spiro atoms. The predicted molar refractivity (Wildman–Crippen MR) is 83.8 cm³/mol. The van der Waals surface area contributed by atoms with Gasteiger partial charge in [0, 0.05) is 0 Å². The fraction of sp³-hybridized carbons (Fsp3) is 0.158. The van der Waals surface area contributed by atoms with Gasteiger partial charge in [0.05, 0.1) is 6.04 Å². The lowest BCUT2D eigenvalue weighted by molar-refractivity contribution is 0.623. The molecule has 0 aromatic heterocycles. The Morgan fingerprint density at radius 2 is 1.67 bits per heavy atom. The minimum Gasteiger partial charge on any atom is -0.320 e. The fourth-order valence-corrected chi connectivity index (χ4v) is 3.42. The van der Waals surface area contributed by atoms with Gasteiger partial charge in [-0.1, -0.05) is 42.5 Å². The Balaban J connectivity index is 1.92. The Morgan fingerprint density at radius 1 is 0.905 bits per heavy atom. The van der Waals surface area contributed by atoms with Crippen LogP contribution in [0.5, 0.6) is 0 Å². The molecular weight excluding hydrogens is 261 g/mol. The molecule has 21 heavy (non-hydrogen) atoms.